The molecule has 0 amide bonds. The van der Waals surface area contributed by atoms with Gasteiger partial charge in [0.15, 0.2) is 5.75 Å². The SMILES string of the molecule is O=C(O)Oc1cn(CCO)c2c(OCC3CCCCC3)cc(Cc3cccc(Cl)c3F)cc2c1=O. The number of pyridine rings is 1. The van der Waals surface area contributed by atoms with Gasteiger partial charge in [-0.15, -0.1) is 0 Å². The average Bonchev–Trinajstić information content (AvgIpc) is 2.84. The molecule has 0 spiro atoms. The highest BCUT2D eigenvalue weighted by molar-refractivity contribution is 6.30. The van der Waals surface area contributed by atoms with E-state index in [1.807, 2.05) is 0 Å². The third-order valence-corrected chi connectivity index (χ3v) is 6.62. The Morgan fingerprint density at radius 1 is 1.17 bits per heavy atom. The van der Waals surface area contributed by atoms with Gasteiger partial charge in [-0.25, -0.2) is 9.18 Å². The monoisotopic (exact) mass is 503 g/mol. The summed E-state index contributed by atoms with van der Waals surface area (Å²) in [5.41, 5.74) is 0.738. The molecule has 0 unspecified atom stereocenters. The number of halogens is 2. The topological polar surface area (TPSA) is 98.0 Å². The fraction of sp³-hybridized carbons (Fsp3) is 0.385. The van der Waals surface area contributed by atoms with E-state index in [2.05, 4.69) is 0 Å². The first kappa shape index (κ1) is 25.0. The Bertz CT molecular complexity index is 1290. The summed E-state index contributed by atoms with van der Waals surface area (Å²) < 4.78 is 27.1. The van der Waals surface area contributed by atoms with Crippen LogP contribution in [-0.4, -0.2) is 34.1 Å². The largest absolute Gasteiger partial charge is 0.511 e. The van der Waals surface area contributed by atoms with Crippen LogP contribution in [0.2, 0.25) is 5.02 Å². The molecule has 2 aromatic carbocycles. The Hall–Kier alpha value is -3.10. The highest BCUT2D eigenvalue weighted by Gasteiger charge is 2.20. The molecule has 1 heterocycles. The number of aliphatic hydroxyl groups excluding tert-OH is 1. The summed E-state index contributed by atoms with van der Waals surface area (Å²) in [4.78, 5) is 24.3. The standard InChI is InChI=1S/C26H27ClFNO6/c27-20-8-4-7-18(23(20)28)11-17-12-19-24(21(13-17)34-15-16-5-2-1-3-6-16)29(9-10-30)14-22(25(19)31)35-26(32)33/h4,7-8,12-14,16,30H,1-3,5-6,9-11,15H2,(H,32,33). The third-order valence-electron chi connectivity index (χ3n) is 6.33. The number of benzene rings is 2. The lowest BCUT2D eigenvalue weighted by atomic mass is 9.90. The molecule has 1 aliphatic rings. The van der Waals surface area contributed by atoms with Gasteiger partial charge >= 0.3 is 6.16 Å². The van der Waals surface area contributed by atoms with Crippen LogP contribution in [0, 0.1) is 11.7 Å². The maximum Gasteiger partial charge on any atom is 0.511 e. The lowest BCUT2D eigenvalue weighted by molar-refractivity contribution is 0.143. The minimum Gasteiger partial charge on any atom is -0.491 e. The number of ether oxygens (including phenoxy) is 2. The van der Waals surface area contributed by atoms with Crippen molar-refractivity contribution in [2.75, 3.05) is 13.2 Å². The number of aromatic nitrogens is 1. The number of carboxylic acid groups (broad SMARTS) is 1. The summed E-state index contributed by atoms with van der Waals surface area (Å²) in [5.74, 6) is -0.124. The first-order valence-corrected chi connectivity index (χ1v) is 12.0. The summed E-state index contributed by atoms with van der Waals surface area (Å²) >= 11 is 5.94. The van der Waals surface area contributed by atoms with Gasteiger partial charge in [0.25, 0.3) is 0 Å². The predicted octanol–water partition coefficient (Wildman–Crippen LogP) is 5.39. The van der Waals surface area contributed by atoms with Gasteiger partial charge in [0.1, 0.15) is 11.6 Å². The van der Waals surface area contributed by atoms with Crippen LogP contribution in [0.3, 0.4) is 0 Å². The number of hydrogen-bond acceptors (Lipinski definition) is 5. The van der Waals surface area contributed by atoms with E-state index in [1.54, 1.807) is 28.8 Å². The molecule has 186 valence electrons. The summed E-state index contributed by atoms with van der Waals surface area (Å²) in [6.07, 6.45) is 5.41. The van der Waals surface area contributed by atoms with Gasteiger partial charge in [-0.2, -0.15) is 0 Å². The number of aliphatic hydroxyl groups is 1. The normalized spacial score (nSPS) is 14.3. The zero-order chi connectivity index (χ0) is 24.9. The molecule has 35 heavy (non-hydrogen) atoms. The minimum absolute atomic E-state index is 0.000456. The quantitative estimate of drug-likeness (QED) is 0.400. The molecule has 0 atom stereocenters. The zero-order valence-electron chi connectivity index (χ0n) is 19.1. The van der Waals surface area contributed by atoms with E-state index in [0.717, 1.165) is 25.7 Å². The fourth-order valence-electron chi connectivity index (χ4n) is 4.66. The predicted molar refractivity (Wildman–Crippen MR) is 130 cm³/mol. The van der Waals surface area contributed by atoms with Crippen molar-refractivity contribution in [3.63, 3.8) is 0 Å². The van der Waals surface area contributed by atoms with Gasteiger partial charge in [0.05, 0.1) is 35.3 Å². The van der Waals surface area contributed by atoms with Crippen LogP contribution in [0.15, 0.2) is 41.3 Å². The highest BCUT2D eigenvalue weighted by atomic mass is 35.5. The van der Waals surface area contributed by atoms with Crippen molar-refractivity contribution in [3.05, 3.63) is 68.7 Å². The molecule has 1 aromatic heterocycles. The molecule has 0 bridgehead atoms. The summed E-state index contributed by atoms with van der Waals surface area (Å²) in [7, 11) is 0. The van der Waals surface area contributed by atoms with Crippen LogP contribution >= 0.6 is 11.6 Å². The Morgan fingerprint density at radius 2 is 1.94 bits per heavy atom. The van der Waals surface area contributed by atoms with E-state index in [-0.39, 0.29) is 35.7 Å². The second-order valence-electron chi connectivity index (χ2n) is 8.80. The zero-order valence-corrected chi connectivity index (χ0v) is 19.9. The molecule has 4 rings (SSSR count). The van der Waals surface area contributed by atoms with Crippen molar-refractivity contribution < 1.29 is 28.9 Å². The number of fused-ring (bicyclic) bond motifs is 1. The van der Waals surface area contributed by atoms with E-state index in [9.17, 15) is 19.1 Å². The lowest BCUT2D eigenvalue weighted by Gasteiger charge is -2.23. The maximum atomic E-state index is 14.6. The van der Waals surface area contributed by atoms with Crippen LogP contribution in [0.25, 0.3) is 10.9 Å². The molecule has 3 aromatic rings. The van der Waals surface area contributed by atoms with Gasteiger partial charge in [0, 0.05) is 13.0 Å². The van der Waals surface area contributed by atoms with Crippen LogP contribution < -0.4 is 14.9 Å². The molecule has 0 radical (unpaired) electrons. The van der Waals surface area contributed by atoms with Crippen LogP contribution in [0.1, 0.15) is 43.2 Å². The van der Waals surface area contributed by atoms with Gasteiger partial charge in [-0.05, 0) is 48.1 Å². The van der Waals surface area contributed by atoms with E-state index >= 15 is 0 Å². The molecule has 2 N–H and O–H groups in total. The molecule has 1 aliphatic carbocycles. The average molecular weight is 504 g/mol. The first-order valence-electron chi connectivity index (χ1n) is 11.6. The Balaban J connectivity index is 1.84. The Morgan fingerprint density at radius 3 is 2.66 bits per heavy atom. The van der Waals surface area contributed by atoms with Crippen molar-refractivity contribution in [2.45, 2.75) is 45.1 Å². The van der Waals surface area contributed by atoms with Crippen molar-refractivity contribution in [1.29, 1.82) is 0 Å². The van der Waals surface area contributed by atoms with Crippen LogP contribution in [0.4, 0.5) is 9.18 Å². The lowest BCUT2D eigenvalue weighted by Crippen LogP contribution is -2.19. The second kappa shape index (κ2) is 11.1. The summed E-state index contributed by atoms with van der Waals surface area (Å²) in [6.45, 7) is 0.307. The molecular formula is C26H27ClFNO6. The molecule has 9 heteroatoms. The van der Waals surface area contributed by atoms with Crippen molar-refractivity contribution in [3.8, 4) is 11.5 Å². The Labute approximate surface area is 206 Å². The summed E-state index contributed by atoms with van der Waals surface area (Å²) in [6, 6.07) is 8.06. The number of hydrogen-bond donors (Lipinski definition) is 2. The molecular weight excluding hydrogens is 477 g/mol. The maximum absolute atomic E-state index is 14.6. The van der Waals surface area contributed by atoms with Crippen molar-refractivity contribution in [1.82, 2.24) is 4.57 Å². The van der Waals surface area contributed by atoms with E-state index < -0.39 is 17.4 Å². The third kappa shape index (κ3) is 5.77. The smallest absolute Gasteiger partial charge is 0.491 e. The molecule has 1 saturated carbocycles. The number of rotatable bonds is 8. The van der Waals surface area contributed by atoms with Gasteiger partial charge in [-0.3, -0.25) is 4.79 Å². The number of nitrogens with zero attached hydrogens (tertiary/aromatic N) is 1. The highest BCUT2D eigenvalue weighted by Crippen LogP contribution is 2.32. The van der Waals surface area contributed by atoms with Crippen molar-refractivity contribution in [2.24, 2.45) is 5.92 Å². The minimum atomic E-state index is -1.62. The molecule has 1 fully saturated rings. The van der Waals surface area contributed by atoms with Crippen LogP contribution in [-0.2, 0) is 13.0 Å². The van der Waals surface area contributed by atoms with Gasteiger partial charge in [0.2, 0.25) is 5.43 Å². The van der Waals surface area contributed by atoms with Crippen LogP contribution in [0.5, 0.6) is 11.5 Å². The number of carbonyl (C=O) groups is 1. The van der Waals surface area contributed by atoms with E-state index in [1.165, 1.54) is 18.7 Å². The molecule has 0 saturated heterocycles. The fourth-order valence-corrected chi connectivity index (χ4v) is 4.86. The molecule has 0 aliphatic heterocycles. The second-order valence-corrected chi connectivity index (χ2v) is 9.21. The summed E-state index contributed by atoms with van der Waals surface area (Å²) in [5, 5.41) is 18.8. The van der Waals surface area contributed by atoms with Gasteiger partial charge < -0.3 is 24.3 Å². The van der Waals surface area contributed by atoms with Gasteiger partial charge in [-0.1, -0.05) is 43.0 Å². The Kier molecular flexibility index (Phi) is 7.93. The molecule has 7 nitrogen and oxygen atoms in total. The van der Waals surface area contributed by atoms with E-state index in [0.29, 0.717) is 34.9 Å². The first-order chi connectivity index (χ1) is 16.9. The van der Waals surface area contributed by atoms with Crippen molar-refractivity contribution >= 4 is 28.7 Å². The van der Waals surface area contributed by atoms with E-state index in [4.69, 9.17) is 26.2 Å².